The van der Waals surface area contributed by atoms with Crippen molar-refractivity contribution < 1.29 is 14.3 Å². The number of fused-ring (bicyclic) bond motifs is 1. The monoisotopic (exact) mass is 423 g/mol. The van der Waals surface area contributed by atoms with Gasteiger partial charge in [-0.25, -0.2) is 5.43 Å². The van der Waals surface area contributed by atoms with Crippen molar-refractivity contribution in [1.29, 1.82) is 0 Å². The second-order valence-corrected chi connectivity index (χ2v) is 7.06. The fourth-order valence-corrected chi connectivity index (χ4v) is 3.17. The molecular weight excluding hydrogens is 402 g/mol. The summed E-state index contributed by atoms with van der Waals surface area (Å²) in [6.45, 7) is 1.82. The second-order valence-electron chi connectivity index (χ2n) is 6.66. The Hall–Kier alpha value is -3.38. The van der Waals surface area contributed by atoms with Crippen LogP contribution in [0.3, 0.4) is 0 Å². The number of benzene rings is 3. The van der Waals surface area contributed by atoms with Gasteiger partial charge in [0.15, 0.2) is 0 Å². The second kappa shape index (κ2) is 9.89. The van der Waals surface area contributed by atoms with Crippen molar-refractivity contribution in [1.82, 2.24) is 5.43 Å². The van der Waals surface area contributed by atoms with E-state index in [1.165, 1.54) is 0 Å². The quantitative estimate of drug-likeness (QED) is 0.427. The molecule has 0 aliphatic rings. The third-order valence-corrected chi connectivity index (χ3v) is 5.06. The zero-order valence-corrected chi connectivity index (χ0v) is 17.5. The minimum Gasteiger partial charge on any atom is -0.496 e. The maximum atomic E-state index is 12.1. The van der Waals surface area contributed by atoms with Crippen molar-refractivity contribution in [3.63, 3.8) is 0 Å². The van der Waals surface area contributed by atoms with Gasteiger partial charge >= 0.3 is 0 Å². The number of amides is 2. The van der Waals surface area contributed by atoms with Gasteiger partial charge in [0, 0.05) is 34.5 Å². The van der Waals surface area contributed by atoms with Crippen LogP contribution in [0, 0.1) is 6.92 Å². The summed E-state index contributed by atoms with van der Waals surface area (Å²) in [4.78, 5) is 24.1. The third-order valence-electron chi connectivity index (χ3n) is 4.65. The van der Waals surface area contributed by atoms with Crippen LogP contribution in [0.15, 0.2) is 59.7 Å². The van der Waals surface area contributed by atoms with Crippen LogP contribution in [0.5, 0.6) is 5.75 Å². The lowest BCUT2D eigenvalue weighted by Crippen LogP contribution is -2.21. The number of halogens is 1. The van der Waals surface area contributed by atoms with E-state index in [1.54, 1.807) is 31.5 Å². The molecule has 3 aromatic carbocycles. The van der Waals surface area contributed by atoms with E-state index in [1.807, 2.05) is 43.3 Å². The van der Waals surface area contributed by atoms with Gasteiger partial charge in [0.2, 0.25) is 11.8 Å². The van der Waals surface area contributed by atoms with Crippen LogP contribution in [-0.2, 0) is 9.59 Å². The first kappa shape index (κ1) is 21.3. The molecule has 0 spiro atoms. The summed E-state index contributed by atoms with van der Waals surface area (Å²) < 4.78 is 5.38. The molecule has 0 unspecified atom stereocenters. The largest absolute Gasteiger partial charge is 0.496 e. The highest BCUT2D eigenvalue weighted by Crippen LogP contribution is 2.27. The Kier molecular flexibility index (Phi) is 7.03. The number of hydrogen-bond acceptors (Lipinski definition) is 4. The summed E-state index contributed by atoms with van der Waals surface area (Å²) in [5.41, 5.74) is 4.73. The molecular formula is C23H22ClN3O3. The molecule has 30 heavy (non-hydrogen) atoms. The van der Waals surface area contributed by atoms with E-state index in [-0.39, 0.29) is 24.7 Å². The van der Waals surface area contributed by atoms with E-state index in [9.17, 15) is 9.59 Å². The first-order chi connectivity index (χ1) is 14.5. The molecule has 3 aromatic rings. The zero-order valence-electron chi connectivity index (χ0n) is 16.7. The summed E-state index contributed by atoms with van der Waals surface area (Å²) >= 11 is 6.05. The summed E-state index contributed by atoms with van der Waals surface area (Å²) in [7, 11) is 1.62. The lowest BCUT2D eigenvalue weighted by molar-refractivity contribution is -0.124. The average Bonchev–Trinajstić information content (AvgIpc) is 2.75. The van der Waals surface area contributed by atoms with Gasteiger partial charge in [-0.1, -0.05) is 41.9 Å². The summed E-state index contributed by atoms with van der Waals surface area (Å²) in [6, 6.07) is 16.8. The Bertz CT molecular complexity index is 1110. The molecule has 0 saturated heterocycles. The Morgan fingerprint density at radius 1 is 1.00 bits per heavy atom. The fourth-order valence-electron chi connectivity index (χ4n) is 3.00. The number of methoxy groups -OCH3 is 1. The predicted octanol–water partition coefficient (Wildman–Crippen LogP) is 4.68. The van der Waals surface area contributed by atoms with Gasteiger partial charge in [0.25, 0.3) is 0 Å². The van der Waals surface area contributed by atoms with Gasteiger partial charge in [-0.15, -0.1) is 0 Å². The van der Waals surface area contributed by atoms with Crippen molar-refractivity contribution in [2.45, 2.75) is 19.8 Å². The van der Waals surface area contributed by atoms with Crippen LogP contribution in [0.25, 0.3) is 10.8 Å². The van der Waals surface area contributed by atoms with E-state index < -0.39 is 0 Å². The van der Waals surface area contributed by atoms with Crippen LogP contribution < -0.4 is 15.5 Å². The molecule has 154 valence electrons. The number of anilines is 1. The molecule has 0 aliphatic carbocycles. The number of carbonyl (C=O) groups excluding carboxylic acids is 2. The van der Waals surface area contributed by atoms with Crippen molar-refractivity contribution in [3.8, 4) is 5.75 Å². The maximum absolute atomic E-state index is 12.1. The predicted molar refractivity (Wildman–Crippen MR) is 120 cm³/mol. The van der Waals surface area contributed by atoms with Gasteiger partial charge in [-0.05, 0) is 42.1 Å². The Morgan fingerprint density at radius 3 is 2.50 bits per heavy atom. The molecule has 7 heteroatoms. The Morgan fingerprint density at radius 2 is 1.73 bits per heavy atom. The summed E-state index contributed by atoms with van der Waals surface area (Å²) in [6.07, 6.45) is 1.64. The molecule has 0 aliphatic heterocycles. The van der Waals surface area contributed by atoms with Crippen LogP contribution in [0.4, 0.5) is 5.69 Å². The van der Waals surface area contributed by atoms with Crippen LogP contribution in [0.2, 0.25) is 5.02 Å². The molecule has 3 rings (SSSR count). The highest BCUT2D eigenvalue weighted by atomic mass is 35.5. The molecule has 0 heterocycles. The molecule has 2 amide bonds. The van der Waals surface area contributed by atoms with Gasteiger partial charge in [-0.3, -0.25) is 9.59 Å². The molecule has 2 N–H and O–H groups in total. The normalized spacial score (nSPS) is 10.9. The van der Waals surface area contributed by atoms with E-state index in [0.717, 1.165) is 27.6 Å². The Balaban J connectivity index is 1.55. The van der Waals surface area contributed by atoms with Gasteiger partial charge in [0.05, 0.1) is 13.3 Å². The molecule has 0 bridgehead atoms. The summed E-state index contributed by atoms with van der Waals surface area (Å²) in [5.74, 6) is 0.162. The van der Waals surface area contributed by atoms with Gasteiger partial charge < -0.3 is 10.1 Å². The van der Waals surface area contributed by atoms with Crippen molar-refractivity contribution in [3.05, 3.63) is 70.7 Å². The number of hydrogen-bond donors (Lipinski definition) is 2. The summed E-state index contributed by atoms with van der Waals surface area (Å²) in [5, 5.41) is 9.29. The SMILES string of the molecule is COc1ccc(/C=N\NC(=O)CCC(=O)Nc2cccc(Cl)c2C)c2ccccc12. The zero-order chi connectivity index (χ0) is 21.5. The van der Waals surface area contributed by atoms with E-state index >= 15 is 0 Å². The standard InChI is InChI=1S/C23H22ClN3O3/c1-15-19(24)8-5-9-20(15)26-22(28)12-13-23(29)27-25-14-16-10-11-21(30-2)18-7-4-3-6-17(16)18/h3-11,14H,12-13H2,1-2H3,(H,26,28)(H,27,29)/b25-14-. The molecule has 0 saturated carbocycles. The minimum atomic E-state index is -0.345. The molecule has 6 nitrogen and oxygen atoms in total. The number of hydrazone groups is 1. The van der Waals surface area contributed by atoms with Crippen molar-refractivity contribution >= 4 is 46.1 Å². The highest BCUT2D eigenvalue weighted by Gasteiger charge is 2.09. The minimum absolute atomic E-state index is 0.0200. The fraction of sp³-hybridized carbons (Fsp3) is 0.174. The van der Waals surface area contributed by atoms with Crippen molar-refractivity contribution in [2.75, 3.05) is 12.4 Å². The lowest BCUT2D eigenvalue weighted by Gasteiger charge is -2.09. The van der Waals surface area contributed by atoms with Crippen molar-refractivity contribution in [2.24, 2.45) is 5.10 Å². The first-order valence-corrected chi connectivity index (χ1v) is 9.80. The number of nitrogens with zero attached hydrogens (tertiary/aromatic N) is 1. The Labute approximate surface area is 179 Å². The first-order valence-electron chi connectivity index (χ1n) is 9.42. The van der Waals surface area contributed by atoms with Crippen LogP contribution in [0.1, 0.15) is 24.0 Å². The van der Waals surface area contributed by atoms with Crippen LogP contribution in [-0.4, -0.2) is 25.1 Å². The van der Waals surface area contributed by atoms with Crippen LogP contribution >= 0.6 is 11.6 Å². The van der Waals surface area contributed by atoms with E-state index in [2.05, 4.69) is 15.8 Å². The number of rotatable bonds is 7. The molecule has 0 aromatic heterocycles. The third kappa shape index (κ3) is 5.15. The highest BCUT2D eigenvalue weighted by molar-refractivity contribution is 6.31. The lowest BCUT2D eigenvalue weighted by atomic mass is 10.0. The smallest absolute Gasteiger partial charge is 0.240 e. The molecule has 0 fully saturated rings. The average molecular weight is 424 g/mol. The topological polar surface area (TPSA) is 79.8 Å². The molecule has 0 radical (unpaired) electrons. The number of ether oxygens (including phenoxy) is 1. The maximum Gasteiger partial charge on any atom is 0.240 e. The van der Waals surface area contributed by atoms with E-state index in [0.29, 0.717) is 10.7 Å². The van der Waals surface area contributed by atoms with Gasteiger partial charge in [0.1, 0.15) is 5.75 Å². The number of nitrogens with one attached hydrogen (secondary N) is 2. The van der Waals surface area contributed by atoms with Gasteiger partial charge in [-0.2, -0.15) is 5.10 Å². The number of carbonyl (C=O) groups is 2. The van der Waals surface area contributed by atoms with E-state index in [4.69, 9.17) is 16.3 Å². The molecule has 0 atom stereocenters.